The number of rotatable bonds is 11. The molecule has 1 aromatic heterocycles. The van der Waals surface area contributed by atoms with E-state index in [9.17, 15) is 14.7 Å². The Balaban J connectivity index is 1.96. The molecule has 0 aliphatic heterocycles. The molecule has 2 aromatic carbocycles. The minimum atomic E-state index is -1.07. The van der Waals surface area contributed by atoms with Crippen LogP contribution in [0.4, 0.5) is 4.39 Å². The first-order chi connectivity index (χ1) is 16.8. The summed E-state index contributed by atoms with van der Waals surface area (Å²) in [7, 11) is 0. The molecule has 9 heteroatoms. The summed E-state index contributed by atoms with van der Waals surface area (Å²) in [6.07, 6.45) is 1.21. The first-order valence-electron chi connectivity index (χ1n) is 11.6. The normalized spacial score (nSPS) is 11.8. The van der Waals surface area contributed by atoms with Gasteiger partial charge in [-0.15, -0.1) is 0 Å². The Morgan fingerprint density at radius 1 is 1.20 bits per heavy atom. The van der Waals surface area contributed by atoms with E-state index < -0.39 is 17.0 Å². The van der Waals surface area contributed by atoms with E-state index in [1.54, 1.807) is 34.9 Å². The van der Waals surface area contributed by atoms with Crippen LogP contribution < -0.4 is 10.1 Å². The van der Waals surface area contributed by atoms with Crippen LogP contribution in [-0.2, 0) is 24.3 Å². The number of imidazole rings is 1. The molecule has 1 atom stereocenters. The van der Waals surface area contributed by atoms with Crippen LogP contribution in [0.5, 0.6) is 6.01 Å². The molecular weight excluding hydrogens is 469 g/mol. The van der Waals surface area contributed by atoms with Gasteiger partial charge in [0.15, 0.2) is 0 Å². The smallest absolute Gasteiger partial charge is 0.336 e. The Morgan fingerprint density at radius 2 is 1.94 bits per heavy atom. The standard InChI is InChI=1S/C26H30FN3O4S/c1-4-21-22(14-28-24(31)23(35)5-2)30(26(29-21)34-6-3)15-17-12-11-16(13-20(17)27)18-9-7-8-10-19(18)25(32)33/h7-13,23,35H,4-6,14-15H2,1-3H3,(H,28,31)(H,32,33). The lowest BCUT2D eigenvalue weighted by molar-refractivity contribution is -0.120. The summed E-state index contributed by atoms with van der Waals surface area (Å²) in [5.41, 5.74) is 2.90. The minimum absolute atomic E-state index is 0.105. The highest BCUT2D eigenvalue weighted by Gasteiger charge is 2.21. The number of ether oxygens (including phenoxy) is 1. The van der Waals surface area contributed by atoms with Crippen molar-refractivity contribution in [2.24, 2.45) is 0 Å². The van der Waals surface area contributed by atoms with Crippen LogP contribution in [0.3, 0.4) is 0 Å². The lowest BCUT2D eigenvalue weighted by Crippen LogP contribution is -2.31. The van der Waals surface area contributed by atoms with Crippen LogP contribution in [0.25, 0.3) is 11.1 Å². The third-order valence-electron chi connectivity index (χ3n) is 5.70. The van der Waals surface area contributed by atoms with Gasteiger partial charge in [-0.05, 0) is 43.0 Å². The first kappa shape index (κ1) is 26.3. The highest BCUT2D eigenvalue weighted by molar-refractivity contribution is 7.81. The minimum Gasteiger partial charge on any atom is -0.478 e. The molecule has 1 amide bonds. The maximum atomic E-state index is 15.3. The fraction of sp³-hybridized carbons (Fsp3) is 0.346. The van der Waals surface area contributed by atoms with Crippen LogP contribution in [0.2, 0.25) is 0 Å². The van der Waals surface area contributed by atoms with Gasteiger partial charge in [0.1, 0.15) is 5.82 Å². The molecule has 0 radical (unpaired) electrons. The Kier molecular flexibility index (Phi) is 8.92. The Hall–Kier alpha value is -3.33. The fourth-order valence-electron chi connectivity index (χ4n) is 3.80. The molecule has 3 aromatic rings. The van der Waals surface area contributed by atoms with E-state index in [1.165, 1.54) is 12.1 Å². The lowest BCUT2D eigenvalue weighted by Gasteiger charge is -2.15. The number of carboxylic acid groups (broad SMARTS) is 1. The molecule has 7 nitrogen and oxygen atoms in total. The van der Waals surface area contributed by atoms with Gasteiger partial charge in [-0.1, -0.05) is 44.2 Å². The predicted octanol–water partition coefficient (Wildman–Crippen LogP) is 4.72. The summed E-state index contributed by atoms with van der Waals surface area (Å²) in [4.78, 5) is 28.4. The number of carboxylic acids is 1. The summed E-state index contributed by atoms with van der Waals surface area (Å²) in [6.45, 7) is 6.41. The number of nitrogens with zero attached hydrogens (tertiary/aromatic N) is 2. The molecule has 0 aliphatic carbocycles. The van der Waals surface area contributed by atoms with Gasteiger partial charge in [-0.2, -0.15) is 17.6 Å². The molecule has 1 heterocycles. The van der Waals surface area contributed by atoms with Crippen LogP contribution in [0.1, 0.15) is 54.5 Å². The van der Waals surface area contributed by atoms with Gasteiger partial charge >= 0.3 is 5.97 Å². The van der Waals surface area contributed by atoms with Gasteiger partial charge in [0, 0.05) is 5.56 Å². The van der Waals surface area contributed by atoms with Gasteiger partial charge in [0.25, 0.3) is 6.01 Å². The van der Waals surface area contributed by atoms with E-state index in [0.717, 1.165) is 11.4 Å². The van der Waals surface area contributed by atoms with Crippen LogP contribution in [0, 0.1) is 5.82 Å². The first-order valence-corrected chi connectivity index (χ1v) is 12.1. The van der Waals surface area contributed by atoms with Crippen LogP contribution in [0.15, 0.2) is 42.5 Å². The van der Waals surface area contributed by atoms with Crippen LogP contribution in [-0.4, -0.2) is 38.4 Å². The van der Waals surface area contributed by atoms with Crippen molar-refractivity contribution in [1.82, 2.24) is 14.9 Å². The molecule has 2 N–H and O–H groups in total. The largest absolute Gasteiger partial charge is 0.478 e. The number of aromatic nitrogens is 2. The monoisotopic (exact) mass is 499 g/mol. The van der Waals surface area contributed by atoms with Gasteiger partial charge in [-0.3, -0.25) is 9.36 Å². The van der Waals surface area contributed by atoms with Gasteiger partial charge in [-0.25, -0.2) is 9.18 Å². The number of hydrogen-bond donors (Lipinski definition) is 3. The number of halogens is 1. The highest BCUT2D eigenvalue weighted by Crippen LogP contribution is 2.28. The van der Waals surface area contributed by atoms with Crippen molar-refractivity contribution in [3.63, 3.8) is 0 Å². The van der Waals surface area contributed by atoms with E-state index in [4.69, 9.17) is 4.74 Å². The number of carbonyl (C=O) groups is 2. The molecule has 186 valence electrons. The Labute approximate surface area is 209 Å². The maximum absolute atomic E-state index is 15.3. The summed E-state index contributed by atoms with van der Waals surface area (Å²) in [5, 5.41) is 11.9. The fourth-order valence-corrected chi connectivity index (χ4v) is 3.89. The maximum Gasteiger partial charge on any atom is 0.336 e. The average Bonchev–Trinajstić information content (AvgIpc) is 3.19. The molecule has 1 unspecified atom stereocenters. The molecule has 3 rings (SSSR count). The third kappa shape index (κ3) is 6.03. The number of nitrogens with one attached hydrogen (secondary N) is 1. The summed E-state index contributed by atoms with van der Waals surface area (Å²) in [6, 6.07) is 11.5. The Morgan fingerprint density at radius 3 is 2.57 bits per heavy atom. The van der Waals surface area contributed by atoms with Crippen molar-refractivity contribution in [3.05, 3.63) is 70.8 Å². The van der Waals surface area contributed by atoms with Crippen molar-refractivity contribution >= 4 is 24.5 Å². The van der Waals surface area contributed by atoms with E-state index in [0.29, 0.717) is 42.1 Å². The molecular formula is C26H30FN3O4S. The van der Waals surface area contributed by atoms with Gasteiger partial charge < -0.3 is 15.2 Å². The molecule has 0 saturated carbocycles. The zero-order valence-corrected chi connectivity index (χ0v) is 20.9. The van der Waals surface area contributed by atoms with Crippen molar-refractivity contribution in [1.29, 1.82) is 0 Å². The second-order valence-electron chi connectivity index (χ2n) is 7.96. The SMILES string of the molecule is CCOc1nc(CC)c(CNC(=O)C(S)CC)n1Cc1ccc(-c2ccccc2C(=O)O)cc1F. The zero-order chi connectivity index (χ0) is 25.5. The second-order valence-corrected chi connectivity index (χ2v) is 8.58. The molecule has 0 spiro atoms. The predicted molar refractivity (Wildman–Crippen MR) is 136 cm³/mol. The molecule has 35 heavy (non-hydrogen) atoms. The number of carbonyl (C=O) groups excluding carboxylic acids is 1. The van der Waals surface area contributed by atoms with Gasteiger partial charge in [0.05, 0.1) is 41.9 Å². The highest BCUT2D eigenvalue weighted by atomic mass is 32.1. The zero-order valence-electron chi connectivity index (χ0n) is 20.0. The van der Waals surface area contributed by atoms with E-state index >= 15 is 4.39 Å². The summed E-state index contributed by atoms with van der Waals surface area (Å²) >= 11 is 4.29. The summed E-state index contributed by atoms with van der Waals surface area (Å²) in [5.74, 6) is -1.74. The van der Waals surface area contributed by atoms with Crippen molar-refractivity contribution in [3.8, 4) is 17.1 Å². The number of hydrogen-bond acceptors (Lipinski definition) is 5. The molecule has 0 saturated heterocycles. The quantitative estimate of drug-likeness (QED) is 0.332. The van der Waals surface area contributed by atoms with E-state index in [2.05, 4.69) is 22.9 Å². The second kappa shape index (κ2) is 11.9. The van der Waals surface area contributed by atoms with Crippen molar-refractivity contribution < 1.29 is 23.8 Å². The van der Waals surface area contributed by atoms with E-state index in [1.807, 2.05) is 20.8 Å². The van der Waals surface area contributed by atoms with Crippen molar-refractivity contribution in [2.45, 2.75) is 52.0 Å². The van der Waals surface area contributed by atoms with E-state index in [-0.39, 0.29) is 24.6 Å². The molecule has 0 bridgehead atoms. The summed E-state index contributed by atoms with van der Waals surface area (Å²) < 4.78 is 22.7. The number of thiol groups is 1. The molecule has 0 aliphatic rings. The topological polar surface area (TPSA) is 93.5 Å². The average molecular weight is 500 g/mol. The van der Waals surface area contributed by atoms with Crippen molar-refractivity contribution in [2.75, 3.05) is 6.61 Å². The number of benzene rings is 2. The van der Waals surface area contributed by atoms with Gasteiger partial charge in [0.2, 0.25) is 5.91 Å². The lowest BCUT2D eigenvalue weighted by atomic mass is 9.98. The molecule has 0 fully saturated rings. The number of aromatic carboxylic acids is 1. The third-order valence-corrected chi connectivity index (χ3v) is 6.30. The van der Waals surface area contributed by atoms with Crippen LogP contribution >= 0.6 is 12.6 Å². The number of aryl methyl sites for hydroxylation is 1. The number of amides is 1. The Bertz CT molecular complexity index is 1210.